The average Bonchev–Trinajstić information content (AvgIpc) is 3.17. The minimum atomic E-state index is -4.21. The van der Waals surface area contributed by atoms with Gasteiger partial charge in [0.25, 0.3) is 0 Å². The minimum absolute atomic E-state index is 0.144. The maximum absolute atomic E-state index is 13.2. The molecule has 6 heteroatoms. The molecule has 2 aliphatic carbocycles. The van der Waals surface area contributed by atoms with Crippen LogP contribution in [0.2, 0.25) is 0 Å². The summed E-state index contributed by atoms with van der Waals surface area (Å²) in [6.45, 7) is -0.286. The molecule has 3 nitrogen and oxygen atoms in total. The molecule has 2 aliphatic rings. The first kappa shape index (κ1) is 13.9. The lowest BCUT2D eigenvalue weighted by atomic mass is 9.76. The fourth-order valence-electron chi connectivity index (χ4n) is 3.30. The van der Waals surface area contributed by atoms with Gasteiger partial charge in [0, 0.05) is 17.4 Å². The monoisotopic (exact) mass is 289 g/mol. The highest BCUT2D eigenvalue weighted by atomic mass is 19.4. The predicted octanol–water partition coefficient (Wildman–Crippen LogP) is 3.88. The molecule has 2 saturated carbocycles. The normalized spacial score (nSPS) is 27.8. The molecule has 3 rings (SSSR count). The molecule has 0 aliphatic heterocycles. The summed E-state index contributed by atoms with van der Waals surface area (Å²) < 4.78 is 44.8. The number of aromatic nitrogens is 1. The Morgan fingerprint density at radius 2 is 1.85 bits per heavy atom. The summed E-state index contributed by atoms with van der Waals surface area (Å²) in [6, 6.07) is 0. The van der Waals surface area contributed by atoms with Crippen molar-refractivity contribution in [1.29, 1.82) is 0 Å². The highest BCUT2D eigenvalue weighted by Crippen LogP contribution is 2.49. The summed E-state index contributed by atoms with van der Waals surface area (Å²) in [7, 11) is 0. The zero-order valence-electron chi connectivity index (χ0n) is 11.1. The van der Waals surface area contributed by atoms with Crippen LogP contribution < -0.4 is 0 Å². The van der Waals surface area contributed by atoms with E-state index in [1.165, 1.54) is 0 Å². The number of aliphatic hydroxyl groups is 1. The molecule has 1 N–H and O–H groups in total. The van der Waals surface area contributed by atoms with Gasteiger partial charge in [0.1, 0.15) is 5.76 Å². The second kappa shape index (κ2) is 5.06. The maximum Gasteiger partial charge on any atom is 0.392 e. The Hall–Kier alpha value is -1.04. The molecule has 1 aromatic rings. The molecule has 112 valence electrons. The molecular weight excluding hydrogens is 271 g/mol. The molecule has 2 fully saturated rings. The summed E-state index contributed by atoms with van der Waals surface area (Å²) in [5.41, 5.74) is 0.852. The predicted molar refractivity (Wildman–Crippen MR) is 65.2 cm³/mol. The van der Waals surface area contributed by atoms with Crippen molar-refractivity contribution in [3.05, 3.63) is 17.0 Å². The first-order chi connectivity index (χ1) is 9.52. The zero-order chi connectivity index (χ0) is 14.3. The van der Waals surface area contributed by atoms with Crippen molar-refractivity contribution in [2.75, 3.05) is 0 Å². The molecule has 0 bridgehead atoms. The van der Waals surface area contributed by atoms with Gasteiger partial charge in [-0.25, -0.2) is 0 Å². The van der Waals surface area contributed by atoms with Gasteiger partial charge in [0.2, 0.25) is 0 Å². The quantitative estimate of drug-likeness (QED) is 0.918. The minimum Gasteiger partial charge on any atom is -0.391 e. The number of halogens is 3. The maximum atomic E-state index is 13.2. The van der Waals surface area contributed by atoms with Crippen molar-refractivity contribution in [3.63, 3.8) is 0 Å². The zero-order valence-corrected chi connectivity index (χ0v) is 11.1. The van der Waals surface area contributed by atoms with E-state index >= 15 is 0 Å². The van der Waals surface area contributed by atoms with Gasteiger partial charge in [-0.2, -0.15) is 13.2 Å². The van der Waals surface area contributed by atoms with Crippen LogP contribution in [0.4, 0.5) is 13.2 Å². The van der Waals surface area contributed by atoms with Crippen molar-refractivity contribution in [2.45, 2.75) is 63.1 Å². The Bertz CT molecular complexity index is 479. The van der Waals surface area contributed by atoms with Gasteiger partial charge in [-0.05, 0) is 25.7 Å². The Kier molecular flexibility index (Phi) is 3.52. The van der Waals surface area contributed by atoms with Gasteiger partial charge in [0.15, 0.2) is 0 Å². The molecule has 0 aromatic carbocycles. The Morgan fingerprint density at radius 3 is 2.45 bits per heavy atom. The second-order valence-corrected chi connectivity index (χ2v) is 5.88. The molecule has 0 radical (unpaired) electrons. The Morgan fingerprint density at radius 1 is 1.15 bits per heavy atom. The fourth-order valence-corrected chi connectivity index (χ4v) is 3.30. The Labute approximate surface area is 115 Å². The van der Waals surface area contributed by atoms with E-state index < -0.39 is 18.0 Å². The lowest BCUT2D eigenvalue weighted by molar-refractivity contribution is -0.187. The van der Waals surface area contributed by atoms with E-state index in [0.29, 0.717) is 29.9 Å². The summed E-state index contributed by atoms with van der Waals surface area (Å²) >= 11 is 0. The van der Waals surface area contributed by atoms with Gasteiger partial charge < -0.3 is 9.63 Å². The molecule has 0 spiro atoms. The van der Waals surface area contributed by atoms with Crippen LogP contribution in [-0.2, 0) is 6.61 Å². The highest BCUT2D eigenvalue weighted by molar-refractivity contribution is 5.31. The van der Waals surface area contributed by atoms with E-state index in [1.807, 2.05) is 0 Å². The summed E-state index contributed by atoms with van der Waals surface area (Å²) in [6.07, 6.45) is -0.296. The van der Waals surface area contributed by atoms with Gasteiger partial charge in [-0.3, -0.25) is 0 Å². The van der Waals surface area contributed by atoms with E-state index in [2.05, 4.69) is 5.16 Å². The SMILES string of the molecule is OCc1c(C2CCCCC2C(F)(F)F)noc1C1CC1. The molecule has 20 heavy (non-hydrogen) atoms. The van der Waals surface area contributed by atoms with Crippen LogP contribution in [0, 0.1) is 5.92 Å². The molecule has 0 saturated heterocycles. The number of alkyl halides is 3. The smallest absolute Gasteiger partial charge is 0.391 e. The summed E-state index contributed by atoms with van der Waals surface area (Å²) in [5, 5.41) is 13.4. The summed E-state index contributed by atoms with van der Waals surface area (Å²) in [4.78, 5) is 0. The van der Waals surface area contributed by atoms with Crippen molar-refractivity contribution < 1.29 is 22.8 Å². The molecule has 1 heterocycles. The van der Waals surface area contributed by atoms with Crippen molar-refractivity contribution in [2.24, 2.45) is 5.92 Å². The van der Waals surface area contributed by atoms with E-state index in [0.717, 1.165) is 19.3 Å². The van der Waals surface area contributed by atoms with Crippen LogP contribution in [0.5, 0.6) is 0 Å². The van der Waals surface area contributed by atoms with Crippen LogP contribution in [-0.4, -0.2) is 16.4 Å². The van der Waals surface area contributed by atoms with Crippen LogP contribution in [0.3, 0.4) is 0 Å². The van der Waals surface area contributed by atoms with E-state index in [1.54, 1.807) is 0 Å². The largest absolute Gasteiger partial charge is 0.392 e. The van der Waals surface area contributed by atoms with Crippen LogP contribution in [0.15, 0.2) is 4.52 Å². The third-order valence-corrected chi connectivity index (χ3v) is 4.49. The van der Waals surface area contributed by atoms with E-state index in [9.17, 15) is 18.3 Å². The Balaban J connectivity index is 1.93. The van der Waals surface area contributed by atoms with Crippen molar-refractivity contribution >= 4 is 0 Å². The lowest BCUT2D eigenvalue weighted by Gasteiger charge is -2.32. The van der Waals surface area contributed by atoms with E-state index in [4.69, 9.17) is 4.52 Å². The molecular formula is C14H18F3NO2. The molecule has 2 unspecified atom stereocenters. The molecule has 1 aromatic heterocycles. The molecule has 0 amide bonds. The number of nitrogens with zero attached hydrogens (tertiary/aromatic N) is 1. The molecule has 2 atom stereocenters. The second-order valence-electron chi connectivity index (χ2n) is 5.88. The van der Waals surface area contributed by atoms with Gasteiger partial charge in [-0.15, -0.1) is 0 Å². The standard InChI is InChI=1S/C14H18F3NO2/c15-14(16,17)11-4-2-1-3-9(11)12-10(7-19)13(20-18-12)8-5-6-8/h8-9,11,19H,1-7H2. The van der Waals surface area contributed by atoms with Gasteiger partial charge >= 0.3 is 6.18 Å². The fraction of sp³-hybridized carbons (Fsp3) is 0.786. The first-order valence-corrected chi connectivity index (χ1v) is 7.18. The van der Waals surface area contributed by atoms with Crippen molar-refractivity contribution in [3.8, 4) is 0 Å². The van der Waals surface area contributed by atoms with Crippen LogP contribution >= 0.6 is 0 Å². The van der Waals surface area contributed by atoms with E-state index in [-0.39, 0.29) is 18.9 Å². The topological polar surface area (TPSA) is 46.3 Å². The van der Waals surface area contributed by atoms with Crippen LogP contribution in [0.1, 0.15) is 67.4 Å². The van der Waals surface area contributed by atoms with Gasteiger partial charge in [-0.1, -0.05) is 18.0 Å². The number of hydrogen-bond donors (Lipinski definition) is 1. The summed E-state index contributed by atoms with van der Waals surface area (Å²) in [5.74, 6) is -1.18. The number of rotatable bonds is 3. The van der Waals surface area contributed by atoms with Crippen molar-refractivity contribution in [1.82, 2.24) is 5.16 Å². The number of hydrogen-bond acceptors (Lipinski definition) is 3. The highest BCUT2D eigenvalue weighted by Gasteiger charge is 2.48. The van der Waals surface area contributed by atoms with Crippen LogP contribution in [0.25, 0.3) is 0 Å². The third kappa shape index (κ3) is 2.45. The van der Waals surface area contributed by atoms with Gasteiger partial charge in [0.05, 0.1) is 18.2 Å². The third-order valence-electron chi connectivity index (χ3n) is 4.49. The lowest BCUT2D eigenvalue weighted by Crippen LogP contribution is -2.32. The number of aliphatic hydroxyl groups excluding tert-OH is 1. The average molecular weight is 289 g/mol. The first-order valence-electron chi connectivity index (χ1n) is 7.18.